The molecule has 2 aliphatic heterocycles. The van der Waals surface area contributed by atoms with Crippen LogP contribution in [0.3, 0.4) is 0 Å². The lowest BCUT2D eigenvalue weighted by Gasteiger charge is -2.39. The molecule has 3 fully saturated rings. The summed E-state index contributed by atoms with van der Waals surface area (Å²) in [5, 5.41) is 0. The third kappa shape index (κ3) is 4.25. The molecule has 0 aromatic heterocycles. The maximum Gasteiger partial charge on any atom is 0.229 e. The molecule has 0 spiro atoms. The van der Waals surface area contributed by atoms with Crippen molar-refractivity contribution in [3.05, 3.63) is 65.7 Å². The van der Waals surface area contributed by atoms with Gasteiger partial charge >= 0.3 is 0 Å². The van der Waals surface area contributed by atoms with E-state index >= 15 is 0 Å². The number of benzene rings is 2. The molecule has 0 N–H and O–H groups in total. The van der Waals surface area contributed by atoms with E-state index < -0.39 is 5.41 Å². The van der Waals surface area contributed by atoms with Gasteiger partial charge in [-0.25, -0.2) is 8.78 Å². The standard InChI is InChI=1S/C26H29F2NO3/c27-20-7-4-18(5-8-20)15-26(10-12-31-13-11-26)25(30)29-16-19-6-9-24(23(19)17-29)32-22-3-1-2-21(28)14-22/h1-5,7-8,14,19,23-24H,6,9-13,15-17H2/t19-,23+,24-/m0/s1. The van der Waals surface area contributed by atoms with E-state index in [1.165, 1.54) is 24.3 Å². The number of ether oxygens (including phenoxy) is 2. The minimum atomic E-state index is -0.506. The number of amides is 1. The second-order valence-electron chi connectivity index (χ2n) is 9.52. The van der Waals surface area contributed by atoms with E-state index in [0.29, 0.717) is 50.7 Å². The lowest BCUT2D eigenvalue weighted by Crippen LogP contribution is -2.48. The number of rotatable bonds is 5. The van der Waals surface area contributed by atoms with Crippen molar-refractivity contribution in [3.8, 4) is 5.75 Å². The Kier molecular flexibility index (Phi) is 5.89. The van der Waals surface area contributed by atoms with Crippen LogP contribution < -0.4 is 4.74 Å². The van der Waals surface area contributed by atoms with Gasteiger partial charge in [0.05, 0.1) is 5.41 Å². The normalized spacial score (nSPS) is 26.7. The van der Waals surface area contributed by atoms with Crippen molar-refractivity contribution < 1.29 is 23.0 Å². The molecule has 32 heavy (non-hydrogen) atoms. The minimum absolute atomic E-state index is 0.00216. The van der Waals surface area contributed by atoms with E-state index in [4.69, 9.17) is 9.47 Å². The summed E-state index contributed by atoms with van der Waals surface area (Å²) in [5.74, 6) is 0.854. The molecule has 1 aliphatic carbocycles. The molecular formula is C26H29F2NO3. The Labute approximate surface area is 187 Å². The molecule has 2 saturated heterocycles. The van der Waals surface area contributed by atoms with Gasteiger partial charge in [-0.15, -0.1) is 0 Å². The fourth-order valence-corrected chi connectivity index (χ4v) is 5.80. The Hall–Kier alpha value is -2.47. The van der Waals surface area contributed by atoms with Crippen LogP contribution in [0.5, 0.6) is 5.75 Å². The van der Waals surface area contributed by atoms with Crippen LogP contribution in [0.4, 0.5) is 8.78 Å². The third-order valence-corrected chi connectivity index (χ3v) is 7.52. The molecule has 2 aromatic carbocycles. The fourth-order valence-electron chi connectivity index (χ4n) is 5.80. The van der Waals surface area contributed by atoms with Gasteiger partial charge in [-0.2, -0.15) is 0 Å². The van der Waals surface area contributed by atoms with Gasteiger partial charge in [0.25, 0.3) is 0 Å². The highest BCUT2D eigenvalue weighted by Crippen LogP contribution is 2.44. The first-order valence-corrected chi connectivity index (χ1v) is 11.6. The van der Waals surface area contributed by atoms with Crippen LogP contribution in [0, 0.1) is 28.9 Å². The topological polar surface area (TPSA) is 38.8 Å². The van der Waals surface area contributed by atoms with Crippen LogP contribution in [-0.4, -0.2) is 43.2 Å². The van der Waals surface area contributed by atoms with Crippen molar-refractivity contribution in [2.75, 3.05) is 26.3 Å². The Bertz CT molecular complexity index is 958. The predicted octanol–water partition coefficient (Wildman–Crippen LogP) is 4.62. The lowest BCUT2D eigenvalue weighted by atomic mass is 9.74. The summed E-state index contributed by atoms with van der Waals surface area (Å²) >= 11 is 0. The van der Waals surface area contributed by atoms with Gasteiger partial charge in [0.15, 0.2) is 0 Å². The number of likely N-dealkylation sites (tertiary alicyclic amines) is 1. The van der Waals surface area contributed by atoms with E-state index in [9.17, 15) is 13.6 Å². The van der Waals surface area contributed by atoms with Crippen molar-refractivity contribution >= 4 is 5.91 Å². The Morgan fingerprint density at radius 1 is 1.03 bits per heavy atom. The maximum atomic E-state index is 13.8. The summed E-state index contributed by atoms with van der Waals surface area (Å²) in [4.78, 5) is 15.9. The third-order valence-electron chi connectivity index (χ3n) is 7.52. The van der Waals surface area contributed by atoms with E-state index in [-0.39, 0.29) is 29.6 Å². The van der Waals surface area contributed by atoms with Gasteiger partial charge in [0, 0.05) is 38.3 Å². The van der Waals surface area contributed by atoms with Crippen molar-refractivity contribution in [2.45, 2.75) is 38.2 Å². The molecule has 0 bridgehead atoms. The van der Waals surface area contributed by atoms with Crippen LogP contribution in [0.1, 0.15) is 31.2 Å². The van der Waals surface area contributed by atoms with Crippen LogP contribution in [0.2, 0.25) is 0 Å². The van der Waals surface area contributed by atoms with Crippen LogP contribution in [0.15, 0.2) is 48.5 Å². The first-order valence-electron chi connectivity index (χ1n) is 11.6. The average Bonchev–Trinajstić information content (AvgIpc) is 3.37. The molecule has 6 heteroatoms. The van der Waals surface area contributed by atoms with Gasteiger partial charge in [0.1, 0.15) is 23.5 Å². The van der Waals surface area contributed by atoms with Crippen LogP contribution in [-0.2, 0) is 16.0 Å². The van der Waals surface area contributed by atoms with E-state index in [1.54, 1.807) is 24.3 Å². The number of hydrogen-bond acceptors (Lipinski definition) is 3. The minimum Gasteiger partial charge on any atom is -0.490 e. The van der Waals surface area contributed by atoms with Gasteiger partial charge in [-0.3, -0.25) is 4.79 Å². The smallest absolute Gasteiger partial charge is 0.229 e. The van der Waals surface area contributed by atoms with Crippen molar-refractivity contribution in [1.29, 1.82) is 0 Å². The summed E-state index contributed by atoms with van der Waals surface area (Å²) in [6, 6.07) is 12.8. The molecule has 2 heterocycles. The molecular weight excluding hydrogens is 412 g/mol. The summed E-state index contributed by atoms with van der Waals surface area (Å²) in [6.07, 6.45) is 3.91. The van der Waals surface area contributed by atoms with Crippen molar-refractivity contribution in [1.82, 2.24) is 4.90 Å². The number of carbonyl (C=O) groups is 1. The Balaban J connectivity index is 1.30. The molecule has 1 saturated carbocycles. The molecule has 170 valence electrons. The predicted molar refractivity (Wildman–Crippen MR) is 116 cm³/mol. The molecule has 3 aliphatic rings. The quantitative estimate of drug-likeness (QED) is 0.680. The molecule has 5 rings (SSSR count). The molecule has 0 unspecified atom stereocenters. The second kappa shape index (κ2) is 8.81. The van der Waals surface area contributed by atoms with E-state index in [1.807, 2.05) is 4.90 Å². The van der Waals surface area contributed by atoms with Crippen LogP contribution in [0.25, 0.3) is 0 Å². The zero-order valence-electron chi connectivity index (χ0n) is 18.1. The first-order chi connectivity index (χ1) is 15.5. The molecule has 1 amide bonds. The van der Waals surface area contributed by atoms with Gasteiger partial charge < -0.3 is 14.4 Å². The number of fused-ring (bicyclic) bond motifs is 1. The van der Waals surface area contributed by atoms with Crippen molar-refractivity contribution in [3.63, 3.8) is 0 Å². The summed E-state index contributed by atoms with van der Waals surface area (Å²) in [6.45, 7) is 2.56. The fraction of sp³-hybridized carbons (Fsp3) is 0.500. The highest BCUT2D eigenvalue weighted by Gasteiger charge is 2.50. The van der Waals surface area contributed by atoms with Gasteiger partial charge in [-0.05, 0) is 67.9 Å². The number of hydrogen-bond donors (Lipinski definition) is 0. The zero-order valence-corrected chi connectivity index (χ0v) is 18.1. The highest BCUT2D eigenvalue weighted by molar-refractivity contribution is 5.83. The SMILES string of the molecule is O=C(N1C[C@@H]2CC[C@H](Oc3cccc(F)c3)[C@@H]2C1)C1(Cc2ccc(F)cc2)CCOCC1. The average molecular weight is 442 g/mol. The van der Waals surface area contributed by atoms with Gasteiger partial charge in [-0.1, -0.05) is 18.2 Å². The number of nitrogens with zero attached hydrogens (tertiary/aromatic N) is 1. The lowest BCUT2D eigenvalue weighted by molar-refractivity contribution is -0.147. The highest BCUT2D eigenvalue weighted by atomic mass is 19.1. The summed E-state index contributed by atoms with van der Waals surface area (Å²) in [5.41, 5.74) is 0.474. The zero-order chi connectivity index (χ0) is 22.1. The Morgan fingerprint density at radius 2 is 1.81 bits per heavy atom. The van der Waals surface area contributed by atoms with Crippen molar-refractivity contribution in [2.24, 2.45) is 17.3 Å². The van der Waals surface area contributed by atoms with E-state index in [0.717, 1.165) is 24.9 Å². The second-order valence-corrected chi connectivity index (χ2v) is 9.52. The molecule has 0 radical (unpaired) electrons. The maximum absolute atomic E-state index is 13.8. The number of halogens is 2. The summed E-state index contributed by atoms with van der Waals surface area (Å²) < 4.78 is 38.7. The first kappa shape index (κ1) is 21.4. The molecule has 3 atom stereocenters. The summed E-state index contributed by atoms with van der Waals surface area (Å²) in [7, 11) is 0. The molecule has 2 aromatic rings. The monoisotopic (exact) mass is 441 g/mol. The largest absolute Gasteiger partial charge is 0.490 e. The van der Waals surface area contributed by atoms with Crippen LogP contribution >= 0.6 is 0 Å². The molecule has 4 nitrogen and oxygen atoms in total. The van der Waals surface area contributed by atoms with Gasteiger partial charge in [0.2, 0.25) is 5.91 Å². The number of carbonyl (C=O) groups excluding carboxylic acids is 1. The van der Waals surface area contributed by atoms with E-state index in [2.05, 4.69) is 0 Å². The Morgan fingerprint density at radius 3 is 2.56 bits per heavy atom.